The standard InChI is InChI=1S/C9H15N5O2/c1-3-11-7(15)5-14(2)9(16)8-6(10)4-12-13-8/h4H,3,5,10H2,1-2H3,(H,11,15)(H,12,13). The monoisotopic (exact) mass is 225 g/mol. The first-order valence-corrected chi connectivity index (χ1v) is 4.87. The average molecular weight is 225 g/mol. The van der Waals surface area contributed by atoms with Crippen molar-refractivity contribution in [2.24, 2.45) is 0 Å². The van der Waals surface area contributed by atoms with Gasteiger partial charge in [-0.05, 0) is 6.92 Å². The van der Waals surface area contributed by atoms with Gasteiger partial charge in [0, 0.05) is 13.6 Å². The summed E-state index contributed by atoms with van der Waals surface area (Å²) in [5, 5.41) is 8.74. The van der Waals surface area contributed by atoms with Crippen LogP contribution in [0.25, 0.3) is 0 Å². The molecule has 1 aromatic rings. The molecule has 0 bridgehead atoms. The molecule has 7 heteroatoms. The van der Waals surface area contributed by atoms with Crippen molar-refractivity contribution in [1.82, 2.24) is 20.4 Å². The van der Waals surface area contributed by atoms with Crippen molar-refractivity contribution in [3.8, 4) is 0 Å². The molecule has 7 nitrogen and oxygen atoms in total. The molecule has 0 atom stereocenters. The molecular weight excluding hydrogens is 210 g/mol. The van der Waals surface area contributed by atoms with Gasteiger partial charge >= 0.3 is 0 Å². The van der Waals surface area contributed by atoms with E-state index in [0.29, 0.717) is 6.54 Å². The first kappa shape index (κ1) is 12.0. The van der Waals surface area contributed by atoms with Crippen LogP contribution in [0.15, 0.2) is 6.20 Å². The summed E-state index contributed by atoms with van der Waals surface area (Å²) in [4.78, 5) is 24.3. The van der Waals surface area contributed by atoms with Gasteiger partial charge in [0.25, 0.3) is 5.91 Å². The van der Waals surface area contributed by atoms with E-state index in [-0.39, 0.29) is 29.7 Å². The largest absolute Gasteiger partial charge is 0.396 e. The average Bonchev–Trinajstić information content (AvgIpc) is 2.63. The zero-order valence-electron chi connectivity index (χ0n) is 9.28. The van der Waals surface area contributed by atoms with Crippen LogP contribution in [0.1, 0.15) is 17.4 Å². The lowest BCUT2D eigenvalue weighted by Gasteiger charge is -2.15. The van der Waals surface area contributed by atoms with Crippen molar-refractivity contribution < 1.29 is 9.59 Å². The number of amides is 2. The van der Waals surface area contributed by atoms with Gasteiger partial charge in [-0.25, -0.2) is 0 Å². The number of hydrogen-bond donors (Lipinski definition) is 3. The fourth-order valence-corrected chi connectivity index (χ4v) is 1.20. The summed E-state index contributed by atoms with van der Waals surface area (Å²) >= 11 is 0. The van der Waals surface area contributed by atoms with Gasteiger partial charge in [-0.3, -0.25) is 14.7 Å². The minimum Gasteiger partial charge on any atom is -0.396 e. The van der Waals surface area contributed by atoms with Crippen LogP contribution in [0.3, 0.4) is 0 Å². The van der Waals surface area contributed by atoms with Crippen LogP contribution in [-0.4, -0.2) is 47.0 Å². The molecule has 0 fully saturated rings. The van der Waals surface area contributed by atoms with Gasteiger partial charge in [-0.15, -0.1) is 0 Å². The van der Waals surface area contributed by atoms with Gasteiger partial charge in [0.2, 0.25) is 5.91 Å². The van der Waals surface area contributed by atoms with Gasteiger partial charge in [-0.2, -0.15) is 5.10 Å². The summed E-state index contributed by atoms with van der Waals surface area (Å²) in [5.74, 6) is -0.572. The summed E-state index contributed by atoms with van der Waals surface area (Å²) in [7, 11) is 1.53. The molecule has 88 valence electrons. The second-order valence-electron chi connectivity index (χ2n) is 3.32. The lowest BCUT2D eigenvalue weighted by Crippen LogP contribution is -2.38. The summed E-state index contributed by atoms with van der Waals surface area (Å²) in [6, 6.07) is 0. The predicted molar refractivity (Wildman–Crippen MR) is 58.6 cm³/mol. The molecule has 2 amide bonds. The molecule has 0 spiro atoms. The Balaban J connectivity index is 2.61. The number of nitrogens with one attached hydrogen (secondary N) is 2. The van der Waals surface area contributed by atoms with E-state index in [2.05, 4.69) is 15.5 Å². The highest BCUT2D eigenvalue weighted by Gasteiger charge is 2.18. The van der Waals surface area contributed by atoms with Crippen LogP contribution in [0.4, 0.5) is 5.69 Å². The first-order valence-electron chi connectivity index (χ1n) is 4.87. The summed E-state index contributed by atoms with van der Waals surface area (Å²) < 4.78 is 0. The Morgan fingerprint density at radius 1 is 1.62 bits per heavy atom. The number of aromatic nitrogens is 2. The Kier molecular flexibility index (Phi) is 3.87. The van der Waals surface area contributed by atoms with Crippen LogP contribution in [0, 0.1) is 0 Å². The topological polar surface area (TPSA) is 104 Å². The Hall–Kier alpha value is -2.05. The quantitative estimate of drug-likeness (QED) is 0.624. The number of carbonyl (C=O) groups excluding carboxylic acids is 2. The van der Waals surface area contributed by atoms with Gasteiger partial charge < -0.3 is 16.0 Å². The summed E-state index contributed by atoms with van der Waals surface area (Å²) in [6.45, 7) is 2.34. The van der Waals surface area contributed by atoms with Crippen LogP contribution in [0.5, 0.6) is 0 Å². The molecule has 0 aliphatic heterocycles. The number of nitrogens with two attached hydrogens (primary N) is 1. The molecule has 0 unspecified atom stereocenters. The van der Waals surface area contributed by atoms with Crippen LogP contribution in [0.2, 0.25) is 0 Å². The third-order valence-electron chi connectivity index (χ3n) is 1.98. The number of aromatic amines is 1. The summed E-state index contributed by atoms with van der Waals surface area (Å²) in [6.07, 6.45) is 1.35. The Bertz CT molecular complexity index is 387. The van der Waals surface area contributed by atoms with Crippen LogP contribution in [-0.2, 0) is 4.79 Å². The minimum absolute atomic E-state index is 0.00880. The van der Waals surface area contributed by atoms with Gasteiger partial charge in [-0.1, -0.05) is 0 Å². The second kappa shape index (κ2) is 5.15. The van der Waals surface area contributed by atoms with E-state index in [1.54, 1.807) is 0 Å². The normalized spacial score (nSPS) is 9.88. The molecule has 0 saturated carbocycles. The Labute approximate surface area is 93.0 Å². The highest BCUT2D eigenvalue weighted by Crippen LogP contribution is 2.08. The molecule has 1 rings (SSSR count). The number of likely N-dealkylation sites (N-methyl/N-ethyl adjacent to an activating group) is 2. The van der Waals surface area contributed by atoms with Crippen molar-refractivity contribution in [3.63, 3.8) is 0 Å². The number of nitrogens with zero attached hydrogens (tertiary/aromatic N) is 2. The molecule has 1 heterocycles. The van der Waals surface area contributed by atoms with Crippen LogP contribution >= 0.6 is 0 Å². The minimum atomic E-state index is -0.360. The lowest BCUT2D eigenvalue weighted by atomic mass is 10.3. The smallest absolute Gasteiger partial charge is 0.274 e. The van der Waals surface area contributed by atoms with E-state index in [1.165, 1.54) is 18.1 Å². The van der Waals surface area contributed by atoms with Gasteiger partial charge in [0.15, 0.2) is 0 Å². The third kappa shape index (κ3) is 2.72. The molecule has 0 saturated heterocycles. The number of rotatable bonds is 4. The Morgan fingerprint density at radius 3 is 2.81 bits per heavy atom. The van der Waals surface area contributed by atoms with E-state index in [0.717, 1.165) is 0 Å². The van der Waals surface area contributed by atoms with Crippen molar-refractivity contribution in [2.45, 2.75) is 6.92 Å². The molecule has 1 aromatic heterocycles. The molecule has 0 aromatic carbocycles. The maximum Gasteiger partial charge on any atom is 0.274 e. The maximum atomic E-state index is 11.8. The van der Waals surface area contributed by atoms with Gasteiger partial charge in [0.1, 0.15) is 5.69 Å². The molecule has 0 radical (unpaired) electrons. The van der Waals surface area contributed by atoms with Crippen molar-refractivity contribution in [2.75, 3.05) is 25.9 Å². The first-order chi connectivity index (χ1) is 7.56. The van der Waals surface area contributed by atoms with E-state index < -0.39 is 0 Å². The number of hydrogen-bond acceptors (Lipinski definition) is 4. The van der Waals surface area contributed by atoms with Gasteiger partial charge in [0.05, 0.1) is 18.4 Å². The van der Waals surface area contributed by atoms with E-state index in [9.17, 15) is 9.59 Å². The van der Waals surface area contributed by atoms with Crippen LogP contribution < -0.4 is 11.1 Å². The summed E-state index contributed by atoms with van der Waals surface area (Å²) in [5.41, 5.74) is 6.00. The predicted octanol–water partition coefficient (Wildman–Crippen LogP) is -0.800. The molecule has 0 aliphatic carbocycles. The molecule has 4 N–H and O–H groups in total. The molecule has 0 aliphatic rings. The van der Waals surface area contributed by atoms with E-state index in [4.69, 9.17) is 5.73 Å². The highest BCUT2D eigenvalue weighted by molar-refractivity contribution is 5.98. The zero-order chi connectivity index (χ0) is 12.1. The second-order valence-corrected chi connectivity index (χ2v) is 3.32. The number of anilines is 1. The van der Waals surface area contributed by atoms with E-state index >= 15 is 0 Å². The zero-order valence-corrected chi connectivity index (χ0v) is 9.28. The maximum absolute atomic E-state index is 11.8. The Morgan fingerprint density at radius 2 is 2.31 bits per heavy atom. The van der Waals surface area contributed by atoms with Crippen molar-refractivity contribution in [1.29, 1.82) is 0 Å². The van der Waals surface area contributed by atoms with Crippen molar-refractivity contribution in [3.05, 3.63) is 11.9 Å². The SMILES string of the molecule is CCNC(=O)CN(C)C(=O)c1[nH]ncc1N. The lowest BCUT2D eigenvalue weighted by molar-refractivity contribution is -0.121. The van der Waals surface area contributed by atoms with E-state index in [1.807, 2.05) is 6.92 Å². The third-order valence-corrected chi connectivity index (χ3v) is 1.98. The van der Waals surface area contributed by atoms with Crippen molar-refractivity contribution >= 4 is 17.5 Å². The number of carbonyl (C=O) groups is 2. The molecule has 16 heavy (non-hydrogen) atoms. The fraction of sp³-hybridized carbons (Fsp3) is 0.444. The fourth-order valence-electron chi connectivity index (χ4n) is 1.20. The number of nitrogen functional groups attached to an aromatic ring is 1. The number of H-pyrrole nitrogens is 1. The molecular formula is C9H15N5O2. The highest BCUT2D eigenvalue weighted by atomic mass is 16.2.